The van der Waals surface area contributed by atoms with Gasteiger partial charge in [0.15, 0.2) is 0 Å². The number of nitrogens with one attached hydrogen (secondary N) is 1. The predicted octanol–water partition coefficient (Wildman–Crippen LogP) is 2.23. The Bertz CT molecular complexity index is 1020. The molecule has 0 radical (unpaired) electrons. The molecule has 2 aromatic carbocycles. The van der Waals surface area contributed by atoms with E-state index in [1.807, 2.05) is 26.8 Å². The first-order valence-corrected chi connectivity index (χ1v) is 8.82. The van der Waals surface area contributed by atoms with Crippen molar-refractivity contribution in [3.05, 3.63) is 75.2 Å². The first kappa shape index (κ1) is 18.6. The number of hydrogen-bond donors (Lipinski definition) is 1. The zero-order valence-corrected chi connectivity index (χ0v) is 15.9. The summed E-state index contributed by atoms with van der Waals surface area (Å²) in [6.45, 7) is 7.89. The summed E-state index contributed by atoms with van der Waals surface area (Å²) in [6.07, 6.45) is 0. The van der Waals surface area contributed by atoms with E-state index in [1.54, 1.807) is 24.3 Å². The van der Waals surface area contributed by atoms with Gasteiger partial charge in [0.05, 0.1) is 11.7 Å². The Hall–Kier alpha value is -3.22. The molecule has 1 N–H and O–H groups in total. The third-order valence-corrected chi connectivity index (χ3v) is 4.66. The van der Waals surface area contributed by atoms with Crippen molar-refractivity contribution < 1.29 is 4.79 Å². The zero-order chi connectivity index (χ0) is 19.6. The quantitative estimate of drug-likeness (QED) is 0.752. The molecule has 1 aromatic heterocycles. The molecule has 3 aromatic rings. The van der Waals surface area contributed by atoms with Gasteiger partial charge in [0, 0.05) is 0 Å². The van der Waals surface area contributed by atoms with E-state index in [2.05, 4.69) is 34.8 Å². The molecule has 3 rings (SSSR count). The molecule has 7 heteroatoms. The van der Waals surface area contributed by atoms with Gasteiger partial charge in [-0.05, 0) is 72.5 Å². The fourth-order valence-electron chi connectivity index (χ4n) is 3.05. The molecule has 0 aliphatic carbocycles. The first-order valence-electron chi connectivity index (χ1n) is 8.82. The van der Waals surface area contributed by atoms with Gasteiger partial charge in [-0.2, -0.15) is 9.36 Å². The number of aromatic nitrogens is 4. The van der Waals surface area contributed by atoms with Crippen LogP contribution in [0.15, 0.2) is 47.3 Å². The number of nitrogens with zero attached hydrogens (tertiary/aromatic N) is 4. The van der Waals surface area contributed by atoms with Crippen molar-refractivity contribution >= 4 is 5.91 Å². The number of carbonyl (C=O) groups excluding carboxylic acids is 1. The Balaban J connectivity index is 1.73. The number of benzene rings is 2. The molecule has 0 unspecified atom stereocenters. The Labute approximate surface area is 157 Å². The fraction of sp³-hybridized carbons (Fsp3) is 0.300. The summed E-state index contributed by atoms with van der Waals surface area (Å²) in [5, 5.41) is 10.6. The predicted molar refractivity (Wildman–Crippen MR) is 103 cm³/mol. The molecule has 0 fully saturated rings. The van der Waals surface area contributed by atoms with E-state index < -0.39 is 5.69 Å². The summed E-state index contributed by atoms with van der Waals surface area (Å²) in [6, 6.07) is 13.0. The van der Waals surface area contributed by atoms with Crippen molar-refractivity contribution in [2.45, 2.75) is 40.3 Å². The number of hydrogen-bond acceptors (Lipinski definition) is 4. The molecular formula is C20H23N5O2. The van der Waals surface area contributed by atoms with Gasteiger partial charge < -0.3 is 5.32 Å². The molecule has 140 valence electrons. The molecular weight excluding hydrogens is 342 g/mol. The number of aryl methyl sites for hydroxylation is 3. The van der Waals surface area contributed by atoms with Crippen LogP contribution in [-0.4, -0.2) is 25.7 Å². The number of rotatable bonds is 5. The van der Waals surface area contributed by atoms with Crippen LogP contribution in [0.2, 0.25) is 0 Å². The third-order valence-electron chi connectivity index (χ3n) is 4.66. The number of para-hydroxylation sites is 1. The Kier molecular flexibility index (Phi) is 5.21. The minimum Gasteiger partial charge on any atom is -0.348 e. The fourth-order valence-corrected chi connectivity index (χ4v) is 3.05. The second-order valence-corrected chi connectivity index (χ2v) is 6.75. The van der Waals surface area contributed by atoms with Crippen molar-refractivity contribution in [2.24, 2.45) is 0 Å². The second-order valence-electron chi connectivity index (χ2n) is 6.75. The third kappa shape index (κ3) is 3.97. The summed E-state index contributed by atoms with van der Waals surface area (Å²) in [7, 11) is 0. The van der Waals surface area contributed by atoms with Crippen LogP contribution >= 0.6 is 0 Å². The molecule has 0 saturated carbocycles. The van der Waals surface area contributed by atoms with Crippen molar-refractivity contribution in [2.75, 3.05) is 0 Å². The van der Waals surface area contributed by atoms with Crippen LogP contribution in [0.4, 0.5) is 0 Å². The van der Waals surface area contributed by atoms with E-state index in [1.165, 1.54) is 15.8 Å². The number of carbonyl (C=O) groups is 1. The molecule has 0 bridgehead atoms. The molecule has 27 heavy (non-hydrogen) atoms. The normalized spacial score (nSPS) is 12.0. The van der Waals surface area contributed by atoms with Gasteiger partial charge in [0.2, 0.25) is 5.91 Å². The lowest BCUT2D eigenvalue weighted by Gasteiger charge is -2.18. The Morgan fingerprint density at radius 3 is 2.41 bits per heavy atom. The van der Waals surface area contributed by atoms with Gasteiger partial charge in [0.25, 0.3) is 0 Å². The first-order chi connectivity index (χ1) is 12.9. The van der Waals surface area contributed by atoms with E-state index in [0.29, 0.717) is 5.69 Å². The average molecular weight is 365 g/mol. The maximum atomic E-state index is 12.4. The molecule has 1 atom stereocenters. The van der Waals surface area contributed by atoms with Gasteiger partial charge in [-0.25, -0.2) is 4.79 Å². The van der Waals surface area contributed by atoms with Gasteiger partial charge in [-0.3, -0.25) is 4.79 Å². The average Bonchev–Trinajstić information content (AvgIpc) is 2.99. The molecule has 1 amide bonds. The van der Waals surface area contributed by atoms with Gasteiger partial charge in [-0.1, -0.05) is 30.3 Å². The van der Waals surface area contributed by atoms with E-state index in [-0.39, 0.29) is 18.5 Å². The van der Waals surface area contributed by atoms with E-state index in [4.69, 9.17) is 0 Å². The highest BCUT2D eigenvalue weighted by atomic mass is 16.2. The highest BCUT2D eigenvalue weighted by molar-refractivity contribution is 5.76. The van der Waals surface area contributed by atoms with Crippen LogP contribution in [0, 0.1) is 20.8 Å². The smallest absolute Gasteiger partial charge is 0.348 e. The summed E-state index contributed by atoms with van der Waals surface area (Å²) in [5.41, 5.74) is 4.74. The van der Waals surface area contributed by atoms with Crippen LogP contribution < -0.4 is 11.0 Å². The maximum absolute atomic E-state index is 12.4. The van der Waals surface area contributed by atoms with Crippen LogP contribution in [0.5, 0.6) is 0 Å². The highest BCUT2D eigenvalue weighted by Gasteiger charge is 2.16. The largest absolute Gasteiger partial charge is 0.368 e. The zero-order valence-electron chi connectivity index (χ0n) is 15.9. The maximum Gasteiger partial charge on any atom is 0.368 e. The van der Waals surface area contributed by atoms with Gasteiger partial charge in [0.1, 0.15) is 6.54 Å². The van der Waals surface area contributed by atoms with Crippen LogP contribution in [0.25, 0.3) is 5.69 Å². The molecule has 0 spiro atoms. The molecule has 0 aliphatic heterocycles. The van der Waals surface area contributed by atoms with Crippen molar-refractivity contribution in [3.63, 3.8) is 0 Å². The monoisotopic (exact) mass is 365 g/mol. The van der Waals surface area contributed by atoms with Crippen molar-refractivity contribution in [1.82, 2.24) is 25.1 Å². The molecule has 1 heterocycles. The van der Waals surface area contributed by atoms with E-state index in [9.17, 15) is 9.59 Å². The van der Waals surface area contributed by atoms with Crippen LogP contribution in [-0.2, 0) is 11.3 Å². The minimum atomic E-state index is -0.452. The Morgan fingerprint density at radius 1 is 1.04 bits per heavy atom. The topological polar surface area (TPSA) is 81.8 Å². The van der Waals surface area contributed by atoms with Gasteiger partial charge >= 0.3 is 5.69 Å². The van der Waals surface area contributed by atoms with Crippen LogP contribution in [0.1, 0.15) is 35.2 Å². The summed E-state index contributed by atoms with van der Waals surface area (Å²) in [5.74, 6) is -0.290. The lowest BCUT2D eigenvalue weighted by Crippen LogP contribution is -2.35. The van der Waals surface area contributed by atoms with Crippen molar-refractivity contribution in [1.29, 1.82) is 0 Å². The number of amides is 1. The lowest BCUT2D eigenvalue weighted by atomic mass is 9.96. The minimum absolute atomic E-state index is 0.170. The number of tetrazole rings is 1. The summed E-state index contributed by atoms with van der Waals surface area (Å²) >= 11 is 0. The lowest BCUT2D eigenvalue weighted by molar-refractivity contribution is -0.122. The molecule has 0 aliphatic rings. The van der Waals surface area contributed by atoms with Crippen molar-refractivity contribution in [3.8, 4) is 5.69 Å². The highest BCUT2D eigenvalue weighted by Crippen LogP contribution is 2.21. The van der Waals surface area contributed by atoms with E-state index >= 15 is 0 Å². The SMILES string of the molecule is Cc1cc(C)c([C@@H](C)NC(=O)Cn2nnn(-c3ccccc3)c2=O)cc1C. The van der Waals surface area contributed by atoms with E-state index in [0.717, 1.165) is 15.8 Å². The molecule has 0 saturated heterocycles. The molecule has 7 nitrogen and oxygen atoms in total. The second kappa shape index (κ2) is 7.57. The standard InChI is InChI=1S/C20H23N5O2/c1-13-10-15(3)18(11-14(13)2)16(4)21-19(26)12-24-20(27)25(23-22-24)17-8-6-5-7-9-17/h5-11,16H,12H2,1-4H3,(H,21,26)/t16-/m1/s1. The summed E-state index contributed by atoms with van der Waals surface area (Å²) in [4.78, 5) is 24.8. The summed E-state index contributed by atoms with van der Waals surface area (Å²) < 4.78 is 2.23. The van der Waals surface area contributed by atoms with Crippen LogP contribution in [0.3, 0.4) is 0 Å². The Morgan fingerprint density at radius 2 is 1.70 bits per heavy atom. The van der Waals surface area contributed by atoms with Gasteiger partial charge in [-0.15, -0.1) is 0 Å².